The second kappa shape index (κ2) is 5.87. The van der Waals surface area contributed by atoms with Crippen molar-refractivity contribution in [2.24, 2.45) is 0 Å². The van der Waals surface area contributed by atoms with Crippen molar-refractivity contribution < 1.29 is 4.74 Å². The number of nitrogens with zero attached hydrogens (tertiary/aromatic N) is 4. The van der Waals surface area contributed by atoms with Crippen molar-refractivity contribution in [3.05, 3.63) is 36.7 Å². The number of rotatable bonds is 3. The first-order chi connectivity index (χ1) is 10.3. The van der Waals surface area contributed by atoms with Crippen LogP contribution in [0.1, 0.15) is 0 Å². The maximum absolute atomic E-state index is 5.71. The summed E-state index contributed by atoms with van der Waals surface area (Å²) in [6.45, 7) is 3.70. The lowest BCUT2D eigenvalue weighted by Crippen LogP contribution is -2.46. The molecule has 0 atom stereocenters. The molecule has 0 amide bonds. The van der Waals surface area contributed by atoms with Gasteiger partial charge in [0.15, 0.2) is 0 Å². The largest absolute Gasteiger partial charge is 0.497 e. The van der Waals surface area contributed by atoms with Gasteiger partial charge in [0.2, 0.25) is 0 Å². The van der Waals surface area contributed by atoms with Gasteiger partial charge in [0.05, 0.1) is 7.11 Å². The topological polar surface area (TPSA) is 67.5 Å². The van der Waals surface area contributed by atoms with Crippen LogP contribution < -0.4 is 20.3 Å². The molecule has 0 unspecified atom stereocenters. The van der Waals surface area contributed by atoms with Crippen molar-refractivity contribution in [2.75, 3.05) is 48.8 Å². The van der Waals surface area contributed by atoms with Gasteiger partial charge in [-0.25, -0.2) is 9.97 Å². The van der Waals surface area contributed by atoms with Gasteiger partial charge in [-0.1, -0.05) is 6.07 Å². The Kier molecular flexibility index (Phi) is 3.77. The van der Waals surface area contributed by atoms with Gasteiger partial charge in [-0.3, -0.25) is 0 Å². The maximum atomic E-state index is 5.71. The van der Waals surface area contributed by atoms with Crippen LogP contribution in [0.2, 0.25) is 0 Å². The third-order valence-electron chi connectivity index (χ3n) is 3.70. The zero-order valence-corrected chi connectivity index (χ0v) is 12.1. The number of ether oxygens (including phenoxy) is 1. The predicted molar refractivity (Wildman–Crippen MR) is 83.9 cm³/mol. The summed E-state index contributed by atoms with van der Waals surface area (Å²) in [6.07, 6.45) is 1.51. The van der Waals surface area contributed by atoms with Crippen LogP contribution in [-0.4, -0.2) is 43.3 Å². The molecule has 0 radical (unpaired) electrons. The van der Waals surface area contributed by atoms with E-state index in [-0.39, 0.29) is 0 Å². The smallest absolute Gasteiger partial charge is 0.134 e. The van der Waals surface area contributed by atoms with E-state index in [2.05, 4.69) is 31.9 Å². The van der Waals surface area contributed by atoms with Crippen LogP contribution in [0.25, 0.3) is 0 Å². The maximum Gasteiger partial charge on any atom is 0.134 e. The minimum Gasteiger partial charge on any atom is -0.497 e. The Morgan fingerprint density at radius 1 is 1.05 bits per heavy atom. The van der Waals surface area contributed by atoms with Crippen LogP contribution in [0.3, 0.4) is 0 Å². The molecule has 1 fully saturated rings. The van der Waals surface area contributed by atoms with Crippen molar-refractivity contribution in [2.45, 2.75) is 0 Å². The first kappa shape index (κ1) is 13.5. The van der Waals surface area contributed by atoms with Crippen LogP contribution in [0, 0.1) is 0 Å². The lowest BCUT2D eigenvalue weighted by atomic mass is 10.2. The van der Waals surface area contributed by atoms with Crippen LogP contribution in [0.5, 0.6) is 5.75 Å². The van der Waals surface area contributed by atoms with Gasteiger partial charge in [-0.2, -0.15) is 0 Å². The van der Waals surface area contributed by atoms with Crippen molar-refractivity contribution >= 4 is 17.3 Å². The molecule has 6 heteroatoms. The van der Waals surface area contributed by atoms with E-state index in [1.165, 1.54) is 12.0 Å². The van der Waals surface area contributed by atoms with Gasteiger partial charge in [0, 0.05) is 44.0 Å². The Hall–Kier alpha value is -2.50. The second-order valence-corrected chi connectivity index (χ2v) is 4.98. The number of piperazine rings is 1. The van der Waals surface area contributed by atoms with E-state index >= 15 is 0 Å². The molecule has 110 valence electrons. The molecular formula is C15H19N5O. The van der Waals surface area contributed by atoms with Crippen LogP contribution in [-0.2, 0) is 0 Å². The van der Waals surface area contributed by atoms with Crippen molar-refractivity contribution in [1.82, 2.24) is 9.97 Å². The number of aromatic nitrogens is 2. The molecule has 0 bridgehead atoms. The van der Waals surface area contributed by atoms with E-state index in [1.807, 2.05) is 18.2 Å². The van der Waals surface area contributed by atoms with E-state index < -0.39 is 0 Å². The highest BCUT2D eigenvalue weighted by molar-refractivity contribution is 5.53. The van der Waals surface area contributed by atoms with Gasteiger partial charge in [-0.05, 0) is 12.1 Å². The third-order valence-corrected chi connectivity index (χ3v) is 3.70. The molecule has 1 aromatic carbocycles. The second-order valence-electron chi connectivity index (χ2n) is 4.98. The number of nitrogens with two attached hydrogens (primary N) is 1. The molecule has 1 aromatic heterocycles. The standard InChI is InChI=1S/C15H19N5O/c1-21-13-4-2-3-12(9-13)19-5-7-20(8-6-19)15-10-14(16)17-11-18-15/h2-4,9-11H,5-8H2,1H3,(H2,16,17,18). The van der Waals surface area contributed by atoms with E-state index in [0.29, 0.717) is 5.82 Å². The molecule has 6 nitrogen and oxygen atoms in total. The summed E-state index contributed by atoms with van der Waals surface area (Å²) in [5.74, 6) is 2.29. The fourth-order valence-corrected chi connectivity index (χ4v) is 2.54. The number of nitrogen functional groups attached to an aromatic ring is 1. The number of hydrogen-bond acceptors (Lipinski definition) is 6. The molecule has 2 N–H and O–H groups in total. The lowest BCUT2D eigenvalue weighted by molar-refractivity contribution is 0.414. The van der Waals surface area contributed by atoms with Gasteiger partial charge < -0.3 is 20.3 Å². The summed E-state index contributed by atoms with van der Waals surface area (Å²) in [5, 5.41) is 0. The quantitative estimate of drug-likeness (QED) is 0.919. The molecule has 0 aliphatic carbocycles. The number of anilines is 3. The SMILES string of the molecule is COc1cccc(N2CCN(c3cc(N)ncn3)CC2)c1. The molecular weight excluding hydrogens is 266 g/mol. The Bertz CT molecular complexity index is 611. The van der Waals surface area contributed by atoms with E-state index in [9.17, 15) is 0 Å². The Labute approximate surface area is 124 Å². The van der Waals surface area contributed by atoms with E-state index in [4.69, 9.17) is 10.5 Å². The Morgan fingerprint density at radius 3 is 2.52 bits per heavy atom. The van der Waals surface area contributed by atoms with E-state index in [0.717, 1.165) is 37.7 Å². The Morgan fingerprint density at radius 2 is 1.81 bits per heavy atom. The molecule has 2 heterocycles. The van der Waals surface area contributed by atoms with Crippen LogP contribution in [0.4, 0.5) is 17.3 Å². The normalized spacial score (nSPS) is 15.1. The monoisotopic (exact) mass is 285 g/mol. The average Bonchev–Trinajstić information content (AvgIpc) is 2.55. The van der Waals surface area contributed by atoms with Crippen molar-refractivity contribution in [3.8, 4) is 5.75 Å². The molecule has 0 saturated carbocycles. The van der Waals surface area contributed by atoms with Gasteiger partial charge in [-0.15, -0.1) is 0 Å². The minimum atomic E-state index is 0.509. The fraction of sp³-hybridized carbons (Fsp3) is 0.333. The summed E-state index contributed by atoms with van der Waals surface area (Å²) in [7, 11) is 1.69. The highest BCUT2D eigenvalue weighted by Gasteiger charge is 2.18. The Balaban J connectivity index is 1.67. The van der Waals surface area contributed by atoms with Crippen LogP contribution >= 0.6 is 0 Å². The van der Waals surface area contributed by atoms with Crippen molar-refractivity contribution in [1.29, 1.82) is 0 Å². The molecule has 1 saturated heterocycles. The summed E-state index contributed by atoms with van der Waals surface area (Å²) in [6, 6.07) is 9.98. The molecule has 3 rings (SSSR count). The molecule has 1 aliphatic heterocycles. The molecule has 21 heavy (non-hydrogen) atoms. The van der Waals surface area contributed by atoms with Crippen LogP contribution in [0.15, 0.2) is 36.7 Å². The van der Waals surface area contributed by atoms with E-state index in [1.54, 1.807) is 7.11 Å². The highest BCUT2D eigenvalue weighted by Crippen LogP contribution is 2.23. The minimum absolute atomic E-state index is 0.509. The molecule has 2 aromatic rings. The summed E-state index contributed by atoms with van der Waals surface area (Å²) >= 11 is 0. The summed E-state index contributed by atoms with van der Waals surface area (Å²) < 4.78 is 5.28. The zero-order chi connectivity index (χ0) is 14.7. The zero-order valence-electron chi connectivity index (χ0n) is 12.1. The fourth-order valence-electron chi connectivity index (χ4n) is 2.54. The highest BCUT2D eigenvalue weighted by atomic mass is 16.5. The van der Waals surface area contributed by atoms with Gasteiger partial charge in [0.1, 0.15) is 23.7 Å². The van der Waals surface area contributed by atoms with Crippen molar-refractivity contribution in [3.63, 3.8) is 0 Å². The predicted octanol–water partition coefficient (Wildman–Crippen LogP) is 1.39. The lowest BCUT2D eigenvalue weighted by Gasteiger charge is -2.36. The first-order valence-corrected chi connectivity index (χ1v) is 6.98. The molecule has 0 spiro atoms. The first-order valence-electron chi connectivity index (χ1n) is 6.98. The number of hydrogen-bond donors (Lipinski definition) is 1. The number of methoxy groups -OCH3 is 1. The third kappa shape index (κ3) is 2.99. The number of benzene rings is 1. The van der Waals surface area contributed by atoms with Gasteiger partial charge >= 0.3 is 0 Å². The molecule has 1 aliphatic rings. The van der Waals surface area contributed by atoms with Gasteiger partial charge in [0.25, 0.3) is 0 Å². The summed E-state index contributed by atoms with van der Waals surface area (Å²) in [5.41, 5.74) is 6.90. The average molecular weight is 285 g/mol. The summed E-state index contributed by atoms with van der Waals surface area (Å²) in [4.78, 5) is 12.8.